The maximum atomic E-state index is 13.1. The van der Waals surface area contributed by atoms with E-state index in [4.69, 9.17) is 16.0 Å². The highest BCUT2D eigenvalue weighted by Crippen LogP contribution is 2.25. The van der Waals surface area contributed by atoms with E-state index in [0.29, 0.717) is 33.7 Å². The van der Waals surface area contributed by atoms with Crippen LogP contribution in [0.3, 0.4) is 0 Å². The lowest BCUT2D eigenvalue weighted by molar-refractivity contribution is -0.112. The molecule has 0 aliphatic heterocycles. The quantitative estimate of drug-likeness (QED) is 0.267. The molecule has 0 saturated carbocycles. The first kappa shape index (κ1) is 21.5. The van der Waals surface area contributed by atoms with Crippen LogP contribution in [0.2, 0.25) is 5.02 Å². The second-order valence-electron chi connectivity index (χ2n) is 6.77. The van der Waals surface area contributed by atoms with E-state index in [1.807, 2.05) is 24.3 Å². The van der Waals surface area contributed by atoms with Gasteiger partial charge >= 0.3 is 0 Å². The van der Waals surface area contributed by atoms with Gasteiger partial charge in [-0.1, -0.05) is 23.7 Å². The van der Waals surface area contributed by atoms with Gasteiger partial charge in [-0.05, 0) is 54.1 Å². The first-order valence-electron chi connectivity index (χ1n) is 9.48. The Balaban J connectivity index is 1.44. The Morgan fingerprint density at radius 2 is 2.03 bits per heavy atom. The number of benzene rings is 2. The van der Waals surface area contributed by atoms with E-state index in [1.165, 1.54) is 29.5 Å². The summed E-state index contributed by atoms with van der Waals surface area (Å²) in [5, 5.41) is 13.1. The molecule has 2 heterocycles. The molecule has 0 aliphatic rings. The molecule has 0 atom stereocenters. The summed E-state index contributed by atoms with van der Waals surface area (Å²) in [5.74, 6) is -0.103. The summed E-state index contributed by atoms with van der Waals surface area (Å²) in [5.41, 5.74) is 1.59. The number of nitrogens with zero attached hydrogens (tertiary/aromatic N) is 2. The fourth-order valence-corrected chi connectivity index (χ4v) is 4.00. The lowest BCUT2D eigenvalue weighted by Crippen LogP contribution is -2.13. The lowest BCUT2D eigenvalue weighted by atomic mass is 10.1. The number of amides is 1. The Labute approximate surface area is 192 Å². The zero-order valence-electron chi connectivity index (χ0n) is 16.5. The van der Waals surface area contributed by atoms with Crippen molar-refractivity contribution in [3.63, 3.8) is 0 Å². The number of thiazole rings is 1. The van der Waals surface area contributed by atoms with Crippen molar-refractivity contribution >= 4 is 40.1 Å². The second kappa shape index (κ2) is 9.60. The number of nitriles is 1. The highest BCUT2D eigenvalue weighted by molar-refractivity contribution is 7.15. The number of aromatic nitrogens is 1. The van der Waals surface area contributed by atoms with Crippen molar-refractivity contribution in [1.29, 1.82) is 5.26 Å². The van der Waals surface area contributed by atoms with Crippen molar-refractivity contribution in [3.8, 4) is 17.4 Å². The highest BCUT2D eigenvalue weighted by Gasteiger charge is 2.14. The third kappa shape index (κ3) is 5.30. The van der Waals surface area contributed by atoms with Crippen LogP contribution < -0.4 is 5.32 Å². The van der Waals surface area contributed by atoms with E-state index >= 15 is 0 Å². The van der Waals surface area contributed by atoms with Gasteiger partial charge in [0.15, 0.2) is 5.13 Å². The van der Waals surface area contributed by atoms with E-state index in [1.54, 1.807) is 36.5 Å². The van der Waals surface area contributed by atoms with Crippen LogP contribution in [0.25, 0.3) is 17.4 Å². The minimum atomic E-state index is -0.587. The molecule has 0 fully saturated rings. The number of hydrogen-bond acceptors (Lipinski definition) is 5. The van der Waals surface area contributed by atoms with Gasteiger partial charge in [0.1, 0.15) is 29.0 Å². The average Bonchev–Trinajstić information content (AvgIpc) is 3.42. The summed E-state index contributed by atoms with van der Waals surface area (Å²) in [6.07, 6.45) is 3.66. The number of carbonyl (C=O) groups is 1. The average molecular weight is 464 g/mol. The molecule has 0 radical (unpaired) electrons. The third-order valence-electron chi connectivity index (χ3n) is 4.45. The van der Waals surface area contributed by atoms with Crippen molar-refractivity contribution < 1.29 is 13.6 Å². The molecule has 2 aromatic heterocycles. The van der Waals surface area contributed by atoms with Gasteiger partial charge in [-0.2, -0.15) is 5.26 Å². The first-order chi connectivity index (χ1) is 15.5. The Kier molecular flexibility index (Phi) is 6.45. The van der Waals surface area contributed by atoms with Crippen LogP contribution in [-0.2, 0) is 11.2 Å². The molecule has 4 aromatic rings. The number of nitrogens with one attached hydrogen (secondary N) is 1. The maximum Gasteiger partial charge on any atom is 0.268 e. The van der Waals surface area contributed by atoms with E-state index in [0.717, 1.165) is 10.4 Å². The minimum Gasteiger partial charge on any atom is -0.457 e. The zero-order chi connectivity index (χ0) is 22.5. The molecule has 0 saturated heterocycles. The van der Waals surface area contributed by atoms with Gasteiger partial charge in [0.2, 0.25) is 0 Å². The van der Waals surface area contributed by atoms with Crippen LogP contribution in [0.5, 0.6) is 0 Å². The van der Waals surface area contributed by atoms with E-state index in [-0.39, 0.29) is 11.4 Å². The van der Waals surface area contributed by atoms with E-state index in [9.17, 15) is 14.4 Å². The van der Waals surface area contributed by atoms with Gasteiger partial charge in [0.05, 0.1) is 0 Å². The molecule has 2 aromatic carbocycles. The fraction of sp³-hybridized carbons (Fsp3) is 0.0417. The fourth-order valence-electron chi connectivity index (χ4n) is 2.95. The largest absolute Gasteiger partial charge is 0.457 e. The van der Waals surface area contributed by atoms with Crippen molar-refractivity contribution in [1.82, 2.24) is 4.98 Å². The van der Waals surface area contributed by atoms with Crippen LogP contribution in [-0.4, -0.2) is 10.9 Å². The Morgan fingerprint density at radius 1 is 1.22 bits per heavy atom. The monoisotopic (exact) mass is 463 g/mol. The standard InChI is InChI=1S/C24H15ClFN3O2S/c25-18-3-1-2-15(10-18)11-21-14-28-24(32-21)29-23(30)17(13-27)12-20-8-9-22(31-20)16-4-6-19(26)7-5-16/h1-10,12,14H,11H2,(H,28,29,30)/b17-12+. The molecule has 5 nitrogen and oxygen atoms in total. The number of halogens is 2. The number of furan rings is 1. The summed E-state index contributed by atoms with van der Waals surface area (Å²) in [7, 11) is 0. The van der Waals surface area contributed by atoms with Crippen LogP contribution in [0, 0.1) is 17.1 Å². The van der Waals surface area contributed by atoms with Crippen molar-refractivity contribution in [2.45, 2.75) is 6.42 Å². The van der Waals surface area contributed by atoms with Gasteiger partial charge in [0.25, 0.3) is 5.91 Å². The Hall–Kier alpha value is -3.73. The predicted octanol–water partition coefficient (Wildman–Crippen LogP) is 6.33. The zero-order valence-corrected chi connectivity index (χ0v) is 18.1. The summed E-state index contributed by atoms with van der Waals surface area (Å²) in [6.45, 7) is 0. The van der Waals surface area contributed by atoms with Crippen LogP contribution in [0.4, 0.5) is 9.52 Å². The van der Waals surface area contributed by atoms with Crippen LogP contribution in [0.15, 0.2) is 76.9 Å². The summed E-state index contributed by atoms with van der Waals surface area (Å²) >= 11 is 7.34. The summed E-state index contributed by atoms with van der Waals surface area (Å²) in [6, 6.07) is 18.6. The number of hydrogen-bond donors (Lipinski definition) is 1. The third-order valence-corrected chi connectivity index (χ3v) is 5.60. The molecule has 0 aliphatic carbocycles. The molecule has 158 valence electrons. The predicted molar refractivity (Wildman–Crippen MR) is 123 cm³/mol. The molecule has 0 spiro atoms. The number of anilines is 1. The van der Waals surface area contributed by atoms with Crippen molar-refractivity contribution in [2.24, 2.45) is 0 Å². The van der Waals surface area contributed by atoms with Crippen LogP contribution >= 0.6 is 22.9 Å². The topological polar surface area (TPSA) is 78.9 Å². The molecular weight excluding hydrogens is 449 g/mol. The normalized spacial score (nSPS) is 11.2. The van der Waals surface area contributed by atoms with Crippen molar-refractivity contribution in [2.75, 3.05) is 5.32 Å². The van der Waals surface area contributed by atoms with Gasteiger partial charge in [-0.3, -0.25) is 10.1 Å². The molecular formula is C24H15ClFN3O2S. The lowest BCUT2D eigenvalue weighted by Gasteiger charge is -2.00. The molecule has 1 amide bonds. The SMILES string of the molecule is N#C/C(=C\c1ccc(-c2ccc(F)cc2)o1)C(=O)Nc1ncc(Cc2cccc(Cl)c2)s1. The van der Waals surface area contributed by atoms with Crippen molar-refractivity contribution in [3.05, 3.63) is 99.5 Å². The molecule has 0 bridgehead atoms. The van der Waals surface area contributed by atoms with Gasteiger partial charge in [-0.15, -0.1) is 11.3 Å². The van der Waals surface area contributed by atoms with Crippen LogP contribution in [0.1, 0.15) is 16.2 Å². The minimum absolute atomic E-state index is 0.128. The number of carbonyl (C=O) groups excluding carboxylic acids is 1. The molecule has 1 N–H and O–H groups in total. The Morgan fingerprint density at radius 3 is 2.78 bits per heavy atom. The summed E-state index contributed by atoms with van der Waals surface area (Å²) < 4.78 is 18.8. The molecule has 8 heteroatoms. The summed E-state index contributed by atoms with van der Waals surface area (Å²) in [4.78, 5) is 17.7. The molecule has 0 unspecified atom stereocenters. The van der Waals surface area contributed by atoms with Gasteiger partial charge in [-0.25, -0.2) is 9.37 Å². The first-order valence-corrected chi connectivity index (χ1v) is 10.7. The second-order valence-corrected chi connectivity index (χ2v) is 8.32. The Bertz CT molecular complexity index is 1340. The molecule has 4 rings (SSSR count). The smallest absolute Gasteiger partial charge is 0.268 e. The number of rotatable bonds is 6. The van der Waals surface area contributed by atoms with E-state index < -0.39 is 5.91 Å². The van der Waals surface area contributed by atoms with Gasteiger partial charge < -0.3 is 4.42 Å². The van der Waals surface area contributed by atoms with Gasteiger partial charge in [0, 0.05) is 34.2 Å². The highest BCUT2D eigenvalue weighted by atomic mass is 35.5. The molecule has 32 heavy (non-hydrogen) atoms. The maximum absolute atomic E-state index is 13.1. The van der Waals surface area contributed by atoms with E-state index in [2.05, 4.69) is 10.3 Å².